The summed E-state index contributed by atoms with van der Waals surface area (Å²) in [5.74, 6) is -6.64. The number of carbonyl (C=O) groups excluding carboxylic acids is 1. The number of nitrogens with zero attached hydrogens (tertiary/aromatic N) is 2. The maximum absolute atomic E-state index is 13.8. The lowest BCUT2D eigenvalue weighted by Crippen LogP contribution is -2.39. The lowest BCUT2D eigenvalue weighted by atomic mass is 10.1. The van der Waals surface area contributed by atoms with Gasteiger partial charge in [-0.1, -0.05) is 17.2 Å². The van der Waals surface area contributed by atoms with Crippen molar-refractivity contribution >= 4 is 11.9 Å². The van der Waals surface area contributed by atoms with Gasteiger partial charge in [-0.15, -0.1) is 5.10 Å². The molecule has 1 amide bonds. The van der Waals surface area contributed by atoms with E-state index in [1.807, 2.05) is 5.32 Å². The van der Waals surface area contributed by atoms with Crippen LogP contribution >= 0.6 is 0 Å². The molecule has 0 saturated carbocycles. The van der Waals surface area contributed by atoms with E-state index < -0.39 is 23.2 Å². The van der Waals surface area contributed by atoms with Crippen LogP contribution in [0.2, 0.25) is 0 Å². The van der Waals surface area contributed by atoms with Crippen LogP contribution in [0.15, 0.2) is 28.7 Å². The SMILES string of the molecule is Nc1nnc(CCNC(=O)C(F)(F)c2ccccc2F)o1. The maximum atomic E-state index is 13.8. The number of amides is 1. The predicted molar refractivity (Wildman–Crippen MR) is 65.7 cm³/mol. The van der Waals surface area contributed by atoms with Gasteiger partial charge < -0.3 is 15.5 Å². The zero-order chi connectivity index (χ0) is 15.5. The molecule has 0 fully saturated rings. The van der Waals surface area contributed by atoms with Crippen molar-refractivity contribution in [2.75, 3.05) is 12.3 Å². The molecule has 1 aromatic heterocycles. The molecule has 3 N–H and O–H groups in total. The van der Waals surface area contributed by atoms with Gasteiger partial charge in [-0.25, -0.2) is 4.39 Å². The standard InChI is InChI=1S/C12H11F3N4O2/c13-8-4-2-1-3-7(8)12(14,15)10(20)17-6-5-9-18-19-11(16)21-9/h1-4H,5-6H2,(H2,16,19)(H,17,20). The smallest absolute Gasteiger partial charge is 0.352 e. The van der Waals surface area contributed by atoms with E-state index in [1.54, 1.807) is 0 Å². The third-order valence-electron chi connectivity index (χ3n) is 2.60. The molecule has 1 heterocycles. The van der Waals surface area contributed by atoms with Gasteiger partial charge in [0.25, 0.3) is 5.91 Å². The molecular weight excluding hydrogens is 289 g/mol. The zero-order valence-corrected chi connectivity index (χ0v) is 10.6. The number of nitrogen functional groups attached to an aromatic ring is 1. The van der Waals surface area contributed by atoms with Crippen molar-refractivity contribution in [1.82, 2.24) is 15.5 Å². The van der Waals surface area contributed by atoms with Crippen LogP contribution in [0.25, 0.3) is 0 Å². The summed E-state index contributed by atoms with van der Waals surface area (Å²) in [6.45, 7) is -0.176. The van der Waals surface area contributed by atoms with Gasteiger partial charge in [0.15, 0.2) is 0 Å². The third kappa shape index (κ3) is 3.30. The number of hydrogen-bond acceptors (Lipinski definition) is 5. The summed E-state index contributed by atoms with van der Waals surface area (Å²) in [4.78, 5) is 11.5. The van der Waals surface area contributed by atoms with Gasteiger partial charge >= 0.3 is 11.9 Å². The molecule has 0 radical (unpaired) electrons. The molecule has 0 atom stereocenters. The highest BCUT2D eigenvalue weighted by molar-refractivity contribution is 5.84. The molecule has 9 heteroatoms. The van der Waals surface area contributed by atoms with Crippen molar-refractivity contribution < 1.29 is 22.4 Å². The number of nitrogens with two attached hydrogens (primary N) is 1. The molecule has 1 aromatic carbocycles. The van der Waals surface area contributed by atoms with E-state index in [1.165, 1.54) is 12.1 Å². The molecule has 21 heavy (non-hydrogen) atoms. The largest absolute Gasteiger partial charge is 0.408 e. The minimum atomic E-state index is -3.97. The van der Waals surface area contributed by atoms with Crippen molar-refractivity contribution in [3.05, 3.63) is 41.5 Å². The van der Waals surface area contributed by atoms with Crippen LogP contribution in [0.4, 0.5) is 19.2 Å². The van der Waals surface area contributed by atoms with Crippen molar-refractivity contribution in [1.29, 1.82) is 0 Å². The quantitative estimate of drug-likeness (QED) is 0.866. The fraction of sp³-hybridized carbons (Fsp3) is 0.250. The van der Waals surface area contributed by atoms with E-state index >= 15 is 0 Å². The van der Waals surface area contributed by atoms with E-state index in [0.717, 1.165) is 12.1 Å². The van der Waals surface area contributed by atoms with Gasteiger partial charge in [0.1, 0.15) is 5.82 Å². The normalized spacial score (nSPS) is 11.4. The Hall–Kier alpha value is -2.58. The first-order valence-corrected chi connectivity index (χ1v) is 5.90. The summed E-state index contributed by atoms with van der Waals surface area (Å²) < 4.78 is 45.8. The van der Waals surface area contributed by atoms with E-state index in [2.05, 4.69) is 10.2 Å². The number of benzene rings is 1. The average molecular weight is 300 g/mol. The highest BCUT2D eigenvalue weighted by Gasteiger charge is 2.42. The van der Waals surface area contributed by atoms with Crippen LogP contribution in [-0.2, 0) is 17.1 Å². The second kappa shape index (κ2) is 5.81. The number of hydrogen-bond donors (Lipinski definition) is 2. The molecule has 2 aromatic rings. The van der Waals surface area contributed by atoms with Gasteiger partial charge in [-0.3, -0.25) is 4.79 Å². The number of carbonyl (C=O) groups is 1. The Bertz CT molecular complexity index is 645. The summed E-state index contributed by atoms with van der Waals surface area (Å²) in [5, 5.41) is 8.86. The lowest BCUT2D eigenvalue weighted by molar-refractivity contribution is -0.147. The van der Waals surface area contributed by atoms with Gasteiger partial charge in [-0.2, -0.15) is 8.78 Å². The minimum absolute atomic E-state index is 0.0310. The fourth-order valence-corrected chi connectivity index (χ4v) is 1.60. The molecule has 0 aliphatic carbocycles. The molecular formula is C12H11F3N4O2. The Kier molecular flexibility index (Phi) is 4.10. The summed E-state index contributed by atoms with van der Waals surface area (Å²) in [5.41, 5.74) is 4.20. The average Bonchev–Trinajstić information content (AvgIpc) is 2.84. The predicted octanol–water partition coefficient (Wildman–Crippen LogP) is 1.24. The molecule has 0 saturated heterocycles. The zero-order valence-electron chi connectivity index (χ0n) is 10.6. The van der Waals surface area contributed by atoms with Gasteiger partial charge in [0.05, 0.1) is 5.56 Å². The van der Waals surface area contributed by atoms with E-state index in [4.69, 9.17) is 10.2 Å². The van der Waals surface area contributed by atoms with Crippen LogP contribution in [-0.4, -0.2) is 22.6 Å². The van der Waals surface area contributed by atoms with E-state index in [0.29, 0.717) is 0 Å². The van der Waals surface area contributed by atoms with Crippen molar-refractivity contribution in [3.8, 4) is 0 Å². The van der Waals surface area contributed by atoms with Crippen LogP contribution < -0.4 is 11.1 Å². The second-order valence-electron chi connectivity index (χ2n) is 4.09. The number of halogens is 3. The number of nitrogens with one attached hydrogen (secondary N) is 1. The topological polar surface area (TPSA) is 94.0 Å². The minimum Gasteiger partial charge on any atom is -0.408 e. The summed E-state index contributed by atoms with van der Waals surface area (Å²) in [6.07, 6.45) is 0.0310. The Labute approximate surface area is 117 Å². The van der Waals surface area contributed by atoms with Gasteiger partial charge in [0.2, 0.25) is 5.89 Å². The Balaban J connectivity index is 1.97. The molecule has 6 nitrogen and oxygen atoms in total. The summed E-state index contributed by atoms with van der Waals surface area (Å²) >= 11 is 0. The summed E-state index contributed by atoms with van der Waals surface area (Å²) in [6, 6.07) is 4.03. The first-order chi connectivity index (χ1) is 9.91. The lowest BCUT2D eigenvalue weighted by Gasteiger charge is -2.16. The van der Waals surface area contributed by atoms with Crippen molar-refractivity contribution in [3.63, 3.8) is 0 Å². The Morgan fingerprint density at radius 2 is 2.05 bits per heavy atom. The molecule has 0 aliphatic heterocycles. The molecule has 0 bridgehead atoms. The van der Waals surface area contributed by atoms with Crippen molar-refractivity contribution in [2.45, 2.75) is 12.3 Å². The first kappa shape index (κ1) is 14.8. The van der Waals surface area contributed by atoms with E-state index in [9.17, 15) is 18.0 Å². The van der Waals surface area contributed by atoms with Crippen LogP contribution in [0, 0.1) is 5.82 Å². The molecule has 2 rings (SSSR count). The Morgan fingerprint density at radius 3 is 2.67 bits per heavy atom. The highest BCUT2D eigenvalue weighted by atomic mass is 19.3. The third-order valence-corrected chi connectivity index (χ3v) is 2.60. The van der Waals surface area contributed by atoms with Gasteiger partial charge in [0, 0.05) is 13.0 Å². The maximum Gasteiger partial charge on any atom is 0.352 e. The molecule has 0 unspecified atom stereocenters. The highest BCUT2D eigenvalue weighted by Crippen LogP contribution is 2.30. The monoisotopic (exact) mass is 300 g/mol. The van der Waals surface area contributed by atoms with E-state index in [-0.39, 0.29) is 24.9 Å². The number of alkyl halides is 2. The van der Waals surface area contributed by atoms with Crippen LogP contribution in [0.1, 0.15) is 11.5 Å². The van der Waals surface area contributed by atoms with Crippen molar-refractivity contribution in [2.24, 2.45) is 0 Å². The first-order valence-electron chi connectivity index (χ1n) is 5.90. The number of anilines is 1. The number of rotatable bonds is 5. The summed E-state index contributed by atoms with van der Waals surface area (Å²) in [7, 11) is 0. The number of aromatic nitrogens is 2. The second-order valence-corrected chi connectivity index (χ2v) is 4.09. The molecule has 0 spiro atoms. The van der Waals surface area contributed by atoms with Crippen LogP contribution in [0.3, 0.4) is 0 Å². The molecule has 112 valence electrons. The fourth-order valence-electron chi connectivity index (χ4n) is 1.60. The van der Waals surface area contributed by atoms with Gasteiger partial charge in [-0.05, 0) is 12.1 Å². The Morgan fingerprint density at radius 1 is 1.33 bits per heavy atom. The van der Waals surface area contributed by atoms with Crippen LogP contribution in [0.5, 0.6) is 0 Å². The molecule has 0 aliphatic rings.